The summed E-state index contributed by atoms with van der Waals surface area (Å²) in [6, 6.07) is 10.7. The zero-order valence-electron chi connectivity index (χ0n) is 14.2. The van der Waals surface area contributed by atoms with Gasteiger partial charge in [0.1, 0.15) is 0 Å². The van der Waals surface area contributed by atoms with Crippen LogP contribution in [-0.2, 0) is 6.54 Å². The quantitative estimate of drug-likeness (QED) is 0.834. The zero-order valence-corrected chi connectivity index (χ0v) is 14.2. The fourth-order valence-corrected chi connectivity index (χ4v) is 3.83. The molecule has 22 heavy (non-hydrogen) atoms. The second-order valence-corrected chi connectivity index (χ2v) is 8.10. The fraction of sp³-hybridized carbons (Fsp3) is 0.600. The average molecular weight is 299 g/mol. The minimum atomic E-state index is -0.625. The predicted molar refractivity (Wildman–Crippen MR) is 91.5 cm³/mol. The maximum atomic E-state index is 11.0. The van der Waals surface area contributed by atoms with E-state index in [1.165, 1.54) is 11.1 Å². The van der Waals surface area contributed by atoms with E-state index >= 15 is 0 Å². The first kappa shape index (κ1) is 15.8. The molecule has 2 unspecified atom stereocenters. The number of rotatable bonds is 2. The lowest BCUT2D eigenvalue weighted by molar-refractivity contribution is -0.0346. The normalized spacial score (nSPS) is 29.8. The highest BCUT2D eigenvalue weighted by Crippen LogP contribution is 2.44. The molecule has 0 radical (unpaired) electrons. The molecule has 0 bridgehead atoms. The molecule has 1 aromatic rings. The average Bonchev–Trinajstić information content (AvgIpc) is 2.47. The zero-order chi connectivity index (χ0) is 15.8. The summed E-state index contributed by atoms with van der Waals surface area (Å²) in [7, 11) is 0. The molecule has 1 aliphatic heterocycles. The number of nitrogens with zero attached hydrogens (tertiary/aromatic N) is 1. The summed E-state index contributed by atoms with van der Waals surface area (Å²) in [4.78, 5) is 2.57. The first-order valence-corrected chi connectivity index (χ1v) is 8.58. The van der Waals surface area contributed by atoms with Crippen molar-refractivity contribution in [2.75, 3.05) is 13.1 Å². The van der Waals surface area contributed by atoms with Crippen molar-refractivity contribution in [2.45, 2.75) is 52.2 Å². The van der Waals surface area contributed by atoms with Crippen molar-refractivity contribution in [3.05, 3.63) is 47.5 Å². The van der Waals surface area contributed by atoms with Crippen LogP contribution in [0.3, 0.4) is 0 Å². The Morgan fingerprint density at radius 3 is 2.64 bits per heavy atom. The van der Waals surface area contributed by atoms with Crippen molar-refractivity contribution in [3.8, 4) is 0 Å². The number of hydrogen-bond acceptors (Lipinski definition) is 2. The van der Waals surface area contributed by atoms with Gasteiger partial charge in [0, 0.05) is 19.6 Å². The number of aliphatic hydroxyl groups is 1. The van der Waals surface area contributed by atoms with E-state index in [9.17, 15) is 5.11 Å². The Morgan fingerprint density at radius 2 is 1.95 bits per heavy atom. The van der Waals surface area contributed by atoms with Crippen LogP contribution in [0, 0.1) is 11.3 Å². The van der Waals surface area contributed by atoms with Crippen LogP contribution in [0.4, 0.5) is 0 Å². The van der Waals surface area contributed by atoms with E-state index in [-0.39, 0.29) is 5.41 Å². The van der Waals surface area contributed by atoms with Crippen molar-refractivity contribution in [3.63, 3.8) is 0 Å². The smallest absolute Gasteiger partial charge is 0.0878 e. The Bertz CT molecular complexity index is 543. The Hall–Kier alpha value is -1.12. The molecule has 1 aliphatic carbocycles. The predicted octanol–water partition coefficient (Wildman–Crippen LogP) is 4.01. The Kier molecular flexibility index (Phi) is 4.17. The number of benzene rings is 1. The largest absolute Gasteiger partial charge is 0.385 e. The molecule has 1 N–H and O–H groups in total. The Balaban J connectivity index is 1.68. The van der Waals surface area contributed by atoms with Crippen molar-refractivity contribution >= 4 is 0 Å². The van der Waals surface area contributed by atoms with Gasteiger partial charge >= 0.3 is 0 Å². The monoisotopic (exact) mass is 299 g/mol. The molecule has 0 amide bonds. The highest BCUT2D eigenvalue weighted by atomic mass is 16.3. The van der Waals surface area contributed by atoms with Gasteiger partial charge in [-0.2, -0.15) is 0 Å². The Morgan fingerprint density at radius 1 is 1.23 bits per heavy atom. The molecule has 1 aromatic carbocycles. The minimum absolute atomic E-state index is 0.0772. The van der Waals surface area contributed by atoms with Gasteiger partial charge in [-0.05, 0) is 36.2 Å². The van der Waals surface area contributed by atoms with E-state index in [4.69, 9.17) is 0 Å². The summed E-state index contributed by atoms with van der Waals surface area (Å²) in [5, 5.41) is 11.0. The van der Waals surface area contributed by atoms with Crippen LogP contribution in [-0.4, -0.2) is 28.7 Å². The first-order chi connectivity index (χ1) is 10.4. The van der Waals surface area contributed by atoms with E-state index in [2.05, 4.69) is 62.1 Å². The SMILES string of the molecule is CC(C)(C)C1(O)C=C2CCN(Cc3ccccc3)CC2CC1. The van der Waals surface area contributed by atoms with Crippen LogP contribution in [0.1, 0.15) is 45.6 Å². The van der Waals surface area contributed by atoms with Crippen LogP contribution >= 0.6 is 0 Å². The van der Waals surface area contributed by atoms with Crippen LogP contribution in [0.5, 0.6) is 0 Å². The number of fused-ring (bicyclic) bond motifs is 1. The lowest BCUT2D eigenvalue weighted by atomic mass is 9.66. The van der Waals surface area contributed by atoms with Gasteiger partial charge in [-0.25, -0.2) is 0 Å². The van der Waals surface area contributed by atoms with E-state index in [1.54, 1.807) is 0 Å². The summed E-state index contributed by atoms with van der Waals surface area (Å²) in [6.45, 7) is 9.74. The van der Waals surface area contributed by atoms with Gasteiger partial charge in [0.15, 0.2) is 0 Å². The summed E-state index contributed by atoms with van der Waals surface area (Å²) in [6.07, 6.45) is 5.33. The van der Waals surface area contributed by atoms with Gasteiger partial charge in [-0.3, -0.25) is 4.90 Å². The maximum absolute atomic E-state index is 11.0. The standard InChI is InChI=1S/C20H29NO/c1-19(2,3)20(22)11-9-18-15-21(12-10-17(18)13-20)14-16-7-5-4-6-8-16/h4-8,13,18,22H,9-12,14-15H2,1-3H3. The van der Waals surface area contributed by atoms with Crippen LogP contribution in [0.25, 0.3) is 0 Å². The minimum Gasteiger partial charge on any atom is -0.385 e. The second kappa shape index (κ2) is 5.82. The molecule has 0 aromatic heterocycles. The van der Waals surface area contributed by atoms with Crippen LogP contribution < -0.4 is 0 Å². The van der Waals surface area contributed by atoms with Gasteiger partial charge in [-0.1, -0.05) is 62.8 Å². The summed E-state index contributed by atoms with van der Waals surface area (Å²) in [5.74, 6) is 0.639. The number of hydrogen-bond donors (Lipinski definition) is 1. The molecular formula is C20H29NO. The van der Waals surface area contributed by atoms with Crippen molar-refractivity contribution in [1.82, 2.24) is 4.90 Å². The topological polar surface area (TPSA) is 23.5 Å². The molecule has 2 nitrogen and oxygen atoms in total. The molecule has 1 saturated heterocycles. The van der Waals surface area contributed by atoms with Gasteiger partial charge in [0.05, 0.1) is 5.60 Å². The lowest BCUT2D eigenvalue weighted by Gasteiger charge is -2.46. The molecular weight excluding hydrogens is 270 g/mol. The van der Waals surface area contributed by atoms with Crippen LogP contribution in [0.15, 0.2) is 42.0 Å². The van der Waals surface area contributed by atoms with Gasteiger partial charge < -0.3 is 5.11 Å². The summed E-state index contributed by atoms with van der Waals surface area (Å²) < 4.78 is 0. The lowest BCUT2D eigenvalue weighted by Crippen LogP contribution is -2.47. The summed E-state index contributed by atoms with van der Waals surface area (Å²) in [5.41, 5.74) is 2.19. The molecule has 2 aliphatic rings. The maximum Gasteiger partial charge on any atom is 0.0878 e. The second-order valence-electron chi connectivity index (χ2n) is 8.10. The van der Waals surface area contributed by atoms with E-state index in [1.807, 2.05) is 0 Å². The highest BCUT2D eigenvalue weighted by molar-refractivity contribution is 5.23. The van der Waals surface area contributed by atoms with Crippen molar-refractivity contribution < 1.29 is 5.11 Å². The van der Waals surface area contributed by atoms with Crippen LogP contribution in [0.2, 0.25) is 0 Å². The number of likely N-dealkylation sites (tertiary alicyclic amines) is 1. The summed E-state index contributed by atoms with van der Waals surface area (Å²) >= 11 is 0. The molecule has 3 rings (SSSR count). The molecule has 120 valence electrons. The van der Waals surface area contributed by atoms with Gasteiger partial charge in [-0.15, -0.1) is 0 Å². The molecule has 0 spiro atoms. The first-order valence-electron chi connectivity index (χ1n) is 8.58. The molecule has 0 saturated carbocycles. The van der Waals surface area contributed by atoms with Gasteiger partial charge in [0.25, 0.3) is 0 Å². The van der Waals surface area contributed by atoms with E-state index in [0.717, 1.165) is 38.9 Å². The third-order valence-corrected chi connectivity index (χ3v) is 5.57. The van der Waals surface area contributed by atoms with Crippen molar-refractivity contribution in [1.29, 1.82) is 0 Å². The van der Waals surface area contributed by atoms with Crippen molar-refractivity contribution in [2.24, 2.45) is 11.3 Å². The third-order valence-electron chi connectivity index (χ3n) is 5.57. The number of piperidine rings is 1. The molecule has 1 fully saturated rings. The molecule has 2 heteroatoms. The van der Waals surface area contributed by atoms with E-state index in [0.29, 0.717) is 5.92 Å². The molecule has 1 heterocycles. The Labute approximate surface area is 134 Å². The van der Waals surface area contributed by atoms with E-state index < -0.39 is 5.60 Å². The van der Waals surface area contributed by atoms with Gasteiger partial charge in [0.2, 0.25) is 0 Å². The molecule has 2 atom stereocenters. The third kappa shape index (κ3) is 3.13. The fourth-order valence-electron chi connectivity index (χ4n) is 3.83. The highest BCUT2D eigenvalue weighted by Gasteiger charge is 2.42.